The number of nitrogens with zero attached hydrogens (tertiary/aromatic N) is 1. The van der Waals surface area contributed by atoms with Gasteiger partial charge in [-0.15, -0.1) is 11.3 Å². The molecule has 5 heteroatoms. The van der Waals surface area contributed by atoms with Crippen molar-refractivity contribution in [3.63, 3.8) is 0 Å². The van der Waals surface area contributed by atoms with Crippen LogP contribution in [0, 0.1) is 5.82 Å². The van der Waals surface area contributed by atoms with Crippen molar-refractivity contribution in [2.75, 3.05) is 0 Å². The largest absolute Gasteiger partial charge is 0.322 e. The molecular formula is C15H12BrFN2S. The molecule has 1 heterocycles. The Morgan fingerprint density at radius 2 is 2.05 bits per heavy atom. The van der Waals surface area contributed by atoms with E-state index in [2.05, 4.69) is 20.9 Å². The van der Waals surface area contributed by atoms with Gasteiger partial charge in [0, 0.05) is 4.47 Å². The predicted octanol–water partition coefficient (Wildman–Crippen LogP) is 4.44. The third-order valence-corrected chi connectivity index (χ3v) is 4.74. The summed E-state index contributed by atoms with van der Waals surface area (Å²) < 4.78 is 15.7. The van der Waals surface area contributed by atoms with Crippen LogP contribution >= 0.6 is 27.3 Å². The standard InChI is InChI=1S/C15H12BrFN2S/c16-10-5-6-11(17)9(7-10)8-12(18)15-19-13-3-1-2-4-14(13)20-15/h1-7,12H,8,18H2. The smallest absolute Gasteiger partial charge is 0.126 e. The number of benzene rings is 2. The Labute approximate surface area is 128 Å². The Morgan fingerprint density at radius 1 is 1.25 bits per heavy atom. The van der Waals surface area contributed by atoms with E-state index in [0.29, 0.717) is 12.0 Å². The molecule has 0 spiro atoms. The van der Waals surface area contributed by atoms with Crippen LogP contribution in [0.2, 0.25) is 0 Å². The average molecular weight is 351 g/mol. The van der Waals surface area contributed by atoms with Crippen molar-refractivity contribution in [2.45, 2.75) is 12.5 Å². The van der Waals surface area contributed by atoms with Crippen molar-refractivity contribution < 1.29 is 4.39 Å². The van der Waals surface area contributed by atoms with Gasteiger partial charge in [0.1, 0.15) is 10.8 Å². The minimum atomic E-state index is -0.295. The quantitative estimate of drug-likeness (QED) is 0.758. The van der Waals surface area contributed by atoms with Gasteiger partial charge < -0.3 is 5.73 Å². The molecule has 0 radical (unpaired) electrons. The van der Waals surface area contributed by atoms with Gasteiger partial charge in [-0.3, -0.25) is 0 Å². The van der Waals surface area contributed by atoms with Crippen LogP contribution in [0.3, 0.4) is 0 Å². The zero-order valence-electron chi connectivity index (χ0n) is 10.5. The highest BCUT2D eigenvalue weighted by Gasteiger charge is 2.15. The highest BCUT2D eigenvalue weighted by molar-refractivity contribution is 9.10. The van der Waals surface area contributed by atoms with E-state index in [4.69, 9.17) is 5.73 Å². The van der Waals surface area contributed by atoms with E-state index >= 15 is 0 Å². The molecule has 20 heavy (non-hydrogen) atoms. The average Bonchev–Trinajstić information content (AvgIpc) is 2.87. The predicted molar refractivity (Wildman–Crippen MR) is 84.4 cm³/mol. The summed E-state index contributed by atoms with van der Waals surface area (Å²) in [4.78, 5) is 4.52. The first kappa shape index (κ1) is 13.7. The number of nitrogens with two attached hydrogens (primary N) is 1. The molecule has 0 aliphatic carbocycles. The molecule has 0 saturated carbocycles. The van der Waals surface area contributed by atoms with Crippen molar-refractivity contribution in [1.29, 1.82) is 0 Å². The number of rotatable bonds is 3. The lowest BCUT2D eigenvalue weighted by Gasteiger charge is -2.09. The maximum atomic E-state index is 13.8. The second-order valence-corrected chi connectivity index (χ2v) is 6.54. The van der Waals surface area contributed by atoms with Gasteiger partial charge in [-0.05, 0) is 42.3 Å². The number of hydrogen-bond acceptors (Lipinski definition) is 3. The van der Waals surface area contributed by atoms with Crippen molar-refractivity contribution in [3.05, 3.63) is 63.3 Å². The molecule has 0 aliphatic heterocycles. The Bertz CT molecular complexity index is 723. The van der Waals surface area contributed by atoms with Gasteiger partial charge in [0.25, 0.3) is 0 Å². The van der Waals surface area contributed by atoms with Gasteiger partial charge in [-0.25, -0.2) is 9.37 Å². The Hall–Kier alpha value is -1.30. The minimum absolute atomic E-state index is 0.232. The van der Waals surface area contributed by atoms with Gasteiger partial charge in [-0.1, -0.05) is 28.1 Å². The van der Waals surface area contributed by atoms with E-state index in [1.165, 1.54) is 6.07 Å². The summed E-state index contributed by atoms with van der Waals surface area (Å²) in [5.41, 5.74) is 7.72. The van der Waals surface area contributed by atoms with E-state index in [9.17, 15) is 4.39 Å². The molecular weight excluding hydrogens is 339 g/mol. The fourth-order valence-corrected chi connectivity index (χ4v) is 3.45. The molecule has 1 atom stereocenters. The summed E-state index contributed by atoms with van der Waals surface area (Å²) in [6.07, 6.45) is 0.436. The molecule has 0 fully saturated rings. The van der Waals surface area contributed by atoms with E-state index in [1.54, 1.807) is 23.5 Å². The first-order valence-corrected chi connectivity index (χ1v) is 7.79. The number of fused-ring (bicyclic) bond motifs is 1. The monoisotopic (exact) mass is 350 g/mol. The second kappa shape index (κ2) is 5.60. The first-order valence-electron chi connectivity index (χ1n) is 6.18. The number of para-hydroxylation sites is 1. The summed E-state index contributed by atoms with van der Waals surface area (Å²) in [5.74, 6) is -0.232. The normalized spacial score (nSPS) is 12.8. The summed E-state index contributed by atoms with van der Waals surface area (Å²) in [6.45, 7) is 0. The molecule has 102 valence electrons. The molecule has 0 aliphatic rings. The van der Waals surface area contributed by atoms with E-state index in [1.807, 2.05) is 24.3 Å². The number of halogens is 2. The Morgan fingerprint density at radius 3 is 2.85 bits per heavy atom. The Balaban J connectivity index is 1.88. The fraction of sp³-hybridized carbons (Fsp3) is 0.133. The van der Waals surface area contributed by atoms with Gasteiger partial charge in [0.05, 0.1) is 16.3 Å². The second-order valence-electron chi connectivity index (χ2n) is 4.57. The van der Waals surface area contributed by atoms with Gasteiger partial charge >= 0.3 is 0 Å². The van der Waals surface area contributed by atoms with Gasteiger partial charge in [0.15, 0.2) is 0 Å². The third-order valence-electron chi connectivity index (χ3n) is 3.08. The molecule has 1 unspecified atom stereocenters. The Kier molecular flexibility index (Phi) is 3.83. The summed E-state index contributed by atoms with van der Waals surface area (Å²) in [7, 11) is 0. The van der Waals surface area contributed by atoms with Crippen LogP contribution < -0.4 is 5.73 Å². The van der Waals surface area contributed by atoms with Crippen LogP contribution in [0.5, 0.6) is 0 Å². The van der Waals surface area contributed by atoms with Crippen molar-refractivity contribution in [2.24, 2.45) is 5.73 Å². The third kappa shape index (κ3) is 2.75. The molecule has 0 bridgehead atoms. The van der Waals surface area contributed by atoms with Crippen LogP contribution in [0.15, 0.2) is 46.9 Å². The van der Waals surface area contributed by atoms with Crippen molar-refractivity contribution in [1.82, 2.24) is 4.98 Å². The minimum Gasteiger partial charge on any atom is -0.322 e. The van der Waals surface area contributed by atoms with Crippen molar-refractivity contribution in [3.8, 4) is 0 Å². The van der Waals surface area contributed by atoms with Crippen LogP contribution in [-0.4, -0.2) is 4.98 Å². The molecule has 3 aromatic rings. The van der Waals surface area contributed by atoms with E-state index in [0.717, 1.165) is 19.7 Å². The number of thiazole rings is 1. The molecule has 2 N–H and O–H groups in total. The fourth-order valence-electron chi connectivity index (χ4n) is 2.07. The molecule has 0 saturated heterocycles. The topological polar surface area (TPSA) is 38.9 Å². The van der Waals surface area contributed by atoms with Gasteiger partial charge in [0.2, 0.25) is 0 Å². The highest BCUT2D eigenvalue weighted by atomic mass is 79.9. The summed E-state index contributed by atoms with van der Waals surface area (Å²) in [6, 6.07) is 12.5. The highest BCUT2D eigenvalue weighted by Crippen LogP contribution is 2.28. The maximum Gasteiger partial charge on any atom is 0.126 e. The number of aromatic nitrogens is 1. The lowest BCUT2D eigenvalue weighted by Crippen LogP contribution is -2.13. The summed E-state index contributed by atoms with van der Waals surface area (Å²) >= 11 is 4.91. The van der Waals surface area contributed by atoms with Crippen LogP contribution in [0.1, 0.15) is 16.6 Å². The lowest BCUT2D eigenvalue weighted by molar-refractivity contribution is 0.592. The SMILES string of the molecule is NC(Cc1cc(Br)ccc1F)c1nc2ccccc2s1. The molecule has 1 aromatic heterocycles. The molecule has 3 rings (SSSR count). The molecule has 2 nitrogen and oxygen atoms in total. The lowest BCUT2D eigenvalue weighted by atomic mass is 10.1. The van der Waals surface area contributed by atoms with Gasteiger partial charge in [-0.2, -0.15) is 0 Å². The van der Waals surface area contributed by atoms with Crippen LogP contribution in [-0.2, 0) is 6.42 Å². The van der Waals surface area contributed by atoms with E-state index < -0.39 is 0 Å². The number of hydrogen-bond donors (Lipinski definition) is 1. The molecule has 2 aromatic carbocycles. The van der Waals surface area contributed by atoms with E-state index in [-0.39, 0.29) is 11.9 Å². The zero-order valence-corrected chi connectivity index (χ0v) is 12.9. The van der Waals surface area contributed by atoms with Crippen LogP contribution in [0.25, 0.3) is 10.2 Å². The first-order chi connectivity index (χ1) is 9.63. The van der Waals surface area contributed by atoms with Crippen LogP contribution in [0.4, 0.5) is 4.39 Å². The maximum absolute atomic E-state index is 13.8. The molecule has 0 amide bonds. The summed E-state index contributed by atoms with van der Waals surface area (Å²) in [5, 5.41) is 0.838. The van der Waals surface area contributed by atoms with Crippen molar-refractivity contribution >= 4 is 37.5 Å². The zero-order chi connectivity index (χ0) is 14.1.